The van der Waals surface area contributed by atoms with E-state index in [0.29, 0.717) is 12.0 Å². The second kappa shape index (κ2) is 9.73. The maximum Gasteiger partial charge on any atom is 0.225 e. The summed E-state index contributed by atoms with van der Waals surface area (Å²) in [5.41, 5.74) is 1.31. The topological polar surface area (TPSA) is 56.7 Å². The van der Waals surface area contributed by atoms with Crippen molar-refractivity contribution in [3.05, 3.63) is 53.3 Å². The van der Waals surface area contributed by atoms with E-state index in [1.807, 2.05) is 18.2 Å². The Hall–Kier alpha value is -1.61. The number of nitrogens with zero attached hydrogens (tertiary/aromatic N) is 5. The summed E-state index contributed by atoms with van der Waals surface area (Å²) in [4.78, 5) is 18.0. The predicted octanol–water partition coefficient (Wildman–Crippen LogP) is 3.39. The van der Waals surface area contributed by atoms with Gasteiger partial charge in [-0.1, -0.05) is 23.7 Å². The Balaban J connectivity index is 0.00000225. The normalized spacial score (nSPS) is 21.9. The summed E-state index contributed by atoms with van der Waals surface area (Å²) in [5.74, 6) is 2.34. The van der Waals surface area contributed by atoms with Crippen LogP contribution in [0.4, 0.5) is 5.95 Å². The van der Waals surface area contributed by atoms with Crippen molar-refractivity contribution in [2.45, 2.75) is 25.3 Å². The quantitative estimate of drug-likeness (QED) is 0.387. The number of aromatic nitrogens is 2. The first-order valence-electron chi connectivity index (χ1n) is 9.58. The van der Waals surface area contributed by atoms with Crippen LogP contribution < -0.4 is 10.2 Å². The lowest BCUT2D eigenvalue weighted by molar-refractivity contribution is 0.369. The number of halogens is 2. The van der Waals surface area contributed by atoms with Crippen LogP contribution in [0.5, 0.6) is 0 Å². The van der Waals surface area contributed by atoms with Gasteiger partial charge in [-0.25, -0.2) is 9.97 Å². The summed E-state index contributed by atoms with van der Waals surface area (Å²) in [5, 5.41) is 4.47. The minimum absolute atomic E-state index is 0. The largest absolute Gasteiger partial charge is 0.353 e. The van der Waals surface area contributed by atoms with Crippen LogP contribution in [0.1, 0.15) is 24.8 Å². The fraction of sp³-hybridized carbons (Fsp3) is 0.450. The Morgan fingerprint density at radius 3 is 2.61 bits per heavy atom. The van der Waals surface area contributed by atoms with Gasteiger partial charge in [-0.3, -0.25) is 4.99 Å². The van der Waals surface area contributed by atoms with E-state index < -0.39 is 0 Å². The second-order valence-electron chi connectivity index (χ2n) is 6.97. The average Bonchev–Trinajstić information content (AvgIpc) is 3.48. The van der Waals surface area contributed by atoms with Crippen LogP contribution in [0.2, 0.25) is 5.02 Å². The summed E-state index contributed by atoms with van der Waals surface area (Å²) < 4.78 is 0. The van der Waals surface area contributed by atoms with Crippen LogP contribution in [0.15, 0.2) is 47.7 Å². The van der Waals surface area contributed by atoms with Gasteiger partial charge in [0.15, 0.2) is 5.96 Å². The van der Waals surface area contributed by atoms with Gasteiger partial charge in [-0.05, 0) is 37.1 Å². The Labute approximate surface area is 188 Å². The third-order valence-corrected chi connectivity index (χ3v) is 5.34. The Morgan fingerprint density at radius 1 is 1.18 bits per heavy atom. The summed E-state index contributed by atoms with van der Waals surface area (Å²) in [6.07, 6.45) is 4.72. The molecule has 2 aliphatic rings. The summed E-state index contributed by atoms with van der Waals surface area (Å²) in [6, 6.07) is 10.5. The van der Waals surface area contributed by atoms with E-state index in [0.717, 1.165) is 56.1 Å². The molecule has 0 bridgehead atoms. The lowest BCUT2D eigenvalue weighted by Crippen LogP contribution is -2.53. The van der Waals surface area contributed by atoms with E-state index in [4.69, 9.17) is 16.6 Å². The number of aliphatic imine (C=N–C) groups is 1. The molecule has 1 N–H and O–H groups in total. The predicted molar refractivity (Wildman–Crippen MR) is 125 cm³/mol. The van der Waals surface area contributed by atoms with Gasteiger partial charge < -0.3 is 15.1 Å². The van der Waals surface area contributed by atoms with E-state index in [9.17, 15) is 0 Å². The van der Waals surface area contributed by atoms with Gasteiger partial charge in [0, 0.05) is 62.1 Å². The molecule has 2 unspecified atom stereocenters. The first kappa shape index (κ1) is 21.1. The molecule has 1 aliphatic heterocycles. The SMILES string of the molecule is CCN=C(NC1CC1c1cccc(Cl)c1)N1CCN(c2ncccn2)CC1.I. The average molecular weight is 513 g/mol. The first-order valence-corrected chi connectivity index (χ1v) is 9.95. The highest BCUT2D eigenvalue weighted by atomic mass is 127. The summed E-state index contributed by atoms with van der Waals surface area (Å²) in [6.45, 7) is 6.49. The van der Waals surface area contributed by atoms with Crippen molar-refractivity contribution in [1.29, 1.82) is 0 Å². The van der Waals surface area contributed by atoms with E-state index >= 15 is 0 Å². The third kappa shape index (κ3) is 5.05. The van der Waals surface area contributed by atoms with Crippen molar-refractivity contribution >= 4 is 47.5 Å². The van der Waals surface area contributed by atoms with Gasteiger partial charge in [0.2, 0.25) is 5.95 Å². The number of rotatable bonds is 4. The lowest BCUT2D eigenvalue weighted by atomic mass is 10.1. The maximum atomic E-state index is 6.14. The van der Waals surface area contributed by atoms with Crippen LogP contribution >= 0.6 is 35.6 Å². The molecule has 2 fully saturated rings. The van der Waals surface area contributed by atoms with Gasteiger partial charge >= 0.3 is 0 Å². The molecular formula is C20H26ClIN6. The summed E-state index contributed by atoms with van der Waals surface area (Å²) >= 11 is 6.14. The number of piperazine rings is 1. The number of hydrogen-bond acceptors (Lipinski definition) is 4. The number of guanidine groups is 1. The monoisotopic (exact) mass is 512 g/mol. The molecule has 0 spiro atoms. The molecular weight excluding hydrogens is 487 g/mol. The van der Waals surface area contributed by atoms with Crippen molar-refractivity contribution in [3.63, 3.8) is 0 Å². The van der Waals surface area contributed by atoms with Gasteiger partial charge in [-0.15, -0.1) is 24.0 Å². The number of anilines is 1. The number of nitrogens with one attached hydrogen (secondary N) is 1. The number of benzene rings is 1. The molecule has 4 rings (SSSR count). The van der Waals surface area contributed by atoms with Crippen molar-refractivity contribution in [2.24, 2.45) is 4.99 Å². The van der Waals surface area contributed by atoms with E-state index in [1.165, 1.54) is 5.56 Å². The molecule has 1 aromatic carbocycles. The summed E-state index contributed by atoms with van der Waals surface area (Å²) in [7, 11) is 0. The van der Waals surface area contributed by atoms with Crippen LogP contribution in [-0.2, 0) is 0 Å². The van der Waals surface area contributed by atoms with Crippen molar-refractivity contribution in [3.8, 4) is 0 Å². The van der Waals surface area contributed by atoms with Crippen LogP contribution in [0, 0.1) is 0 Å². The minimum Gasteiger partial charge on any atom is -0.353 e. The highest BCUT2D eigenvalue weighted by Crippen LogP contribution is 2.41. The fourth-order valence-corrected chi connectivity index (χ4v) is 3.78. The number of hydrogen-bond donors (Lipinski definition) is 1. The molecule has 8 heteroatoms. The van der Waals surface area contributed by atoms with Gasteiger partial charge in [0.05, 0.1) is 0 Å². The molecule has 0 radical (unpaired) electrons. The zero-order valence-electron chi connectivity index (χ0n) is 16.0. The van der Waals surface area contributed by atoms with Crippen molar-refractivity contribution in [1.82, 2.24) is 20.2 Å². The molecule has 6 nitrogen and oxygen atoms in total. The molecule has 0 amide bonds. The van der Waals surface area contributed by atoms with Crippen LogP contribution in [0.3, 0.4) is 0 Å². The zero-order valence-corrected chi connectivity index (χ0v) is 19.0. The minimum atomic E-state index is 0. The van der Waals surface area contributed by atoms with Crippen molar-refractivity contribution < 1.29 is 0 Å². The molecule has 2 heterocycles. The maximum absolute atomic E-state index is 6.14. The van der Waals surface area contributed by atoms with E-state index in [-0.39, 0.29) is 24.0 Å². The third-order valence-electron chi connectivity index (χ3n) is 5.10. The van der Waals surface area contributed by atoms with Crippen LogP contribution in [-0.4, -0.2) is 59.6 Å². The standard InChI is InChI=1S/C20H25ClN6.HI/c1-2-22-20(25-18-14-17(18)15-5-3-6-16(21)13-15)27-11-9-26(10-12-27)19-23-7-4-8-24-19;/h3-8,13,17-18H,2,9-12,14H2,1H3,(H,22,25);1H. The second-order valence-corrected chi connectivity index (χ2v) is 7.41. The lowest BCUT2D eigenvalue weighted by Gasteiger charge is -2.36. The van der Waals surface area contributed by atoms with E-state index in [1.54, 1.807) is 12.4 Å². The highest BCUT2D eigenvalue weighted by Gasteiger charge is 2.40. The first-order chi connectivity index (χ1) is 13.2. The fourth-order valence-electron chi connectivity index (χ4n) is 3.59. The van der Waals surface area contributed by atoms with Gasteiger partial charge in [-0.2, -0.15) is 0 Å². The van der Waals surface area contributed by atoms with Gasteiger partial charge in [0.25, 0.3) is 0 Å². The molecule has 2 atom stereocenters. The van der Waals surface area contributed by atoms with Crippen molar-refractivity contribution in [2.75, 3.05) is 37.6 Å². The highest BCUT2D eigenvalue weighted by molar-refractivity contribution is 14.0. The molecule has 150 valence electrons. The smallest absolute Gasteiger partial charge is 0.225 e. The van der Waals surface area contributed by atoms with Gasteiger partial charge in [0.1, 0.15) is 0 Å². The van der Waals surface area contributed by atoms with E-state index in [2.05, 4.69) is 44.1 Å². The molecule has 2 aromatic rings. The molecule has 1 saturated heterocycles. The Morgan fingerprint density at radius 2 is 1.93 bits per heavy atom. The zero-order chi connectivity index (χ0) is 18.6. The molecule has 1 aliphatic carbocycles. The molecule has 28 heavy (non-hydrogen) atoms. The Bertz CT molecular complexity index is 794. The Kier molecular flexibility index (Phi) is 7.34. The molecule has 1 aromatic heterocycles. The molecule has 1 saturated carbocycles. The van der Waals surface area contributed by atoms with Crippen LogP contribution in [0.25, 0.3) is 0 Å².